The molecule has 102 valence electrons. The van der Waals surface area contributed by atoms with Crippen LogP contribution in [0.3, 0.4) is 0 Å². The molecule has 5 nitrogen and oxygen atoms in total. The minimum Gasteiger partial charge on any atom is -0.265 e. The van der Waals surface area contributed by atoms with Gasteiger partial charge >= 0.3 is 0 Å². The van der Waals surface area contributed by atoms with E-state index in [2.05, 4.69) is 15.3 Å². The predicted octanol–water partition coefficient (Wildman–Crippen LogP) is 2.25. The Labute approximate surface area is 123 Å². The van der Waals surface area contributed by atoms with E-state index < -0.39 is 0 Å². The molecular formula is C13H12N4OS2. The van der Waals surface area contributed by atoms with Crippen molar-refractivity contribution in [3.63, 3.8) is 0 Å². The van der Waals surface area contributed by atoms with Crippen LogP contribution in [0.4, 0.5) is 0 Å². The van der Waals surface area contributed by atoms with Crippen LogP contribution >= 0.6 is 23.1 Å². The zero-order chi connectivity index (χ0) is 13.9. The van der Waals surface area contributed by atoms with E-state index in [-0.39, 0.29) is 5.56 Å². The minimum atomic E-state index is -0.182. The van der Waals surface area contributed by atoms with E-state index in [1.807, 2.05) is 37.3 Å². The van der Waals surface area contributed by atoms with Crippen LogP contribution in [0.5, 0.6) is 0 Å². The van der Waals surface area contributed by atoms with E-state index in [4.69, 9.17) is 0 Å². The molecule has 0 aliphatic rings. The molecule has 0 atom stereocenters. The van der Waals surface area contributed by atoms with Gasteiger partial charge < -0.3 is 0 Å². The molecule has 0 bridgehead atoms. The first kappa shape index (κ1) is 13.3. The lowest BCUT2D eigenvalue weighted by atomic mass is 10.1. The Balaban J connectivity index is 2.00. The highest BCUT2D eigenvalue weighted by atomic mass is 32.2. The van der Waals surface area contributed by atoms with Crippen LogP contribution in [0.1, 0.15) is 18.2 Å². The maximum Gasteiger partial charge on any atom is 0.297 e. The number of benzene rings is 1. The maximum absolute atomic E-state index is 12.3. The molecule has 0 aliphatic carbocycles. The van der Waals surface area contributed by atoms with Crippen LogP contribution < -0.4 is 5.56 Å². The topological polar surface area (TPSA) is 60.2 Å². The second kappa shape index (κ2) is 5.72. The first-order chi connectivity index (χ1) is 9.78. The van der Waals surface area contributed by atoms with Crippen LogP contribution in [0.2, 0.25) is 0 Å². The molecule has 0 radical (unpaired) electrons. The quantitative estimate of drug-likeness (QED) is 0.692. The van der Waals surface area contributed by atoms with Crippen LogP contribution in [0.25, 0.3) is 4.96 Å². The van der Waals surface area contributed by atoms with Crippen molar-refractivity contribution >= 4 is 28.1 Å². The van der Waals surface area contributed by atoms with Crippen LogP contribution in [-0.4, -0.2) is 25.6 Å². The Bertz CT molecular complexity index is 782. The Morgan fingerprint density at radius 1 is 1.25 bits per heavy atom. The van der Waals surface area contributed by atoms with Gasteiger partial charge in [-0.15, -0.1) is 15.3 Å². The fourth-order valence-electron chi connectivity index (χ4n) is 1.81. The summed E-state index contributed by atoms with van der Waals surface area (Å²) in [5.41, 5.74) is 1.28. The van der Waals surface area contributed by atoms with Crippen molar-refractivity contribution in [2.24, 2.45) is 0 Å². The van der Waals surface area contributed by atoms with Crippen molar-refractivity contribution in [2.75, 3.05) is 5.75 Å². The standard InChI is InChI=1S/C13H12N4OS2/c1-2-19-13-16-17-11(18)10(14-15-12(17)20-13)8-9-6-4-3-5-7-9/h3-7H,2,8H2,1H3. The second-order valence-corrected chi connectivity index (χ2v) is 6.58. The highest BCUT2D eigenvalue weighted by molar-refractivity contribution is 8.01. The van der Waals surface area contributed by atoms with Crippen LogP contribution in [0.15, 0.2) is 39.5 Å². The summed E-state index contributed by atoms with van der Waals surface area (Å²) in [6, 6.07) is 9.76. The molecule has 2 heterocycles. The van der Waals surface area contributed by atoms with E-state index in [9.17, 15) is 4.79 Å². The number of aromatic nitrogens is 4. The molecule has 3 rings (SSSR count). The van der Waals surface area contributed by atoms with Crippen molar-refractivity contribution < 1.29 is 0 Å². The highest BCUT2D eigenvalue weighted by Gasteiger charge is 2.12. The summed E-state index contributed by atoms with van der Waals surface area (Å²) in [5.74, 6) is 0.916. The van der Waals surface area contributed by atoms with Crippen molar-refractivity contribution in [1.82, 2.24) is 19.8 Å². The zero-order valence-electron chi connectivity index (χ0n) is 10.8. The molecule has 2 aromatic heterocycles. The SMILES string of the molecule is CCSc1nn2c(=O)c(Cc3ccccc3)nnc2s1. The lowest BCUT2D eigenvalue weighted by Gasteiger charge is -1.99. The van der Waals surface area contributed by atoms with E-state index in [1.54, 1.807) is 11.8 Å². The summed E-state index contributed by atoms with van der Waals surface area (Å²) < 4.78 is 2.20. The van der Waals surface area contributed by atoms with E-state index in [0.717, 1.165) is 15.7 Å². The van der Waals surface area contributed by atoms with Crippen molar-refractivity contribution in [2.45, 2.75) is 17.7 Å². The molecule has 1 aromatic carbocycles. The third kappa shape index (κ3) is 2.59. The molecule has 0 fully saturated rings. The highest BCUT2D eigenvalue weighted by Crippen LogP contribution is 2.22. The average molecular weight is 304 g/mol. The largest absolute Gasteiger partial charge is 0.297 e. The summed E-state index contributed by atoms with van der Waals surface area (Å²) in [5, 5.41) is 12.4. The smallest absolute Gasteiger partial charge is 0.265 e. The molecule has 0 aliphatic heterocycles. The molecule has 0 spiro atoms. The van der Waals surface area contributed by atoms with Gasteiger partial charge in [-0.25, -0.2) is 0 Å². The molecule has 3 aromatic rings. The van der Waals surface area contributed by atoms with Gasteiger partial charge in [0.25, 0.3) is 5.56 Å². The Kier molecular flexibility index (Phi) is 3.79. The van der Waals surface area contributed by atoms with Gasteiger partial charge in [0.05, 0.1) is 0 Å². The lowest BCUT2D eigenvalue weighted by Crippen LogP contribution is -2.22. The summed E-state index contributed by atoms with van der Waals surface area (Å²) in [7, 11) is 0. The second-order valence-electron chi connectivity index (χ2n) is 4.11. The Morgan fingerprint density at radius 3 is 2.80 bits per heavy atom. The zero-order valence-corrected chi connectivity index (χ0v) is 12.4. The molecule has 20 heavy (non-hydrogen) atoms. The molecule has 0 saturated heterocycles. The number of hydrogen-bond donors (Lipinski definition) is 0. The van der Waals surface area contributed by atoms with Gasteiger partial charge in [-0.1, -0.05) is 60.4 Å². The molecule has 0 amide bonds. The van der Waals surface area contributed by atoms with Gasteiger partial charge in [-0.05, 0) is 11.3 Å². The van der Waals surface area contributed by atoms with Gasteiger partial charge in [0.2, 0.25) is 4.96 Å². The van der Waals surface area contributed by atoms with Gasteiger partial charge in [0, 0.05) is 6.42 Å². The fraction of sp³-hybridized carbons (Fsp3) is 0.231. The first-order valence-electron chi connectivity index (χ1n) is 6.20. The number of hydrogen-bond acceptors (Lipinski definition) is 6. The van der Waals surface area contributed by atoms with Gasteiger partial charge in [-0.3, -0.25) is 4.79 Å². The number of rotatable bonds is 4. The van der Waals surface area contributed by atoms with Crippen molar-refractivity contribution in [3.8, 4) is 0 Å². The fourth-order valence-corrected chi connectivity index (χ4v) is 3.58. The van der Waals surface area contributed by atoms with Gasteiger partial charge in [0.1, 0.15) is 5.69 Å². The monoisotopic (exact) mass is 304 g/mol. The number of nitrogens with zero attached hydrogens (tertiary/aromatic N) is 4. The van der Waals surface area contributed by atoms with Gasteiger partial charge in [0.15, 0.2) is 4.34 Å². The van der Waals surface area contributed by atoms with Crippen molar-refractivity contribution in [3.05, 3.63) is 51.9 Å². The van der Waals surface area contributed by atoms with Crippen LogP contribution in [-0.2, 0) is 6.42 Å². The summed E-state index contributed by atoms with van der Waals surface area (Å²) in [4.78, 5) is 12.9. The number of fused-ring (bicyclic) bond motifs is 1. The lowest BCUT2D eigenvalue weighted by molar-refractivity contribution is 0.788. The average Bonchev–Trinajstić information content (AvgIpc) is 2.87. The van der Waals surface area contributed by atoms with Crippen LogP contribution in [0, 0.1) is 0 Å². The normalized spacial score (nSPS) is 11.1. The van der Waals surface area contributed by atoms with Crippen molar-refractivity contribution in [1.29, 1.82) is 0 Å². The molecule has 7 heteroatoms. The van der Waals surface area contributed by atoms with E-state index in [1.165, 1.54) is 15.9 Å². The summed E-state index contributed by atoms with van der Waals surface area (Å²) in [6.45, 7) is 2.05. The Morgan fingerprint density at radius 2 is 2.05 bits per heavy atom. The first-order valence-corrected chi connectivity index (χ1v) is 8.00. The van der Waals surface area contributed by atoms with E-state index >= 15 is 0 Å². The Hall–Kier alpha value is -1.73. The third-order valence-corrected chi connectivity index (χ3v) is 4.63. The third-order valence-electron chi connectivity index (χ3n) is 2.72. The van der Waals surface area contributed by atoms with Gasteiger partial charge in [-0.2, -0.15) is 4.52 Å². The predicted molar refractivity (Wildman–Crippen MR) is 80.6 cm³/mol. The van der Waals surface area contributed by atoms with E-state index in [0.29, 0.717) is 17.1 Å². The molecule has 0 N–H and O–H groups in total. The number of thioether (sulfide) groups is 1. The maximum atomic E-state index is 12.3. The molecule has 0 saturated carbocycles. The summed E-state index contributed by atoms with van der Waals surface area (Å²) >= 11 is 2.99. The molecule has 0 unspecified atom stereocenters. The minimum absolute atomic E-state index is 0.182. The summed E-state index contributed by atoms with van der Waals surface area (Å²) in [6.07, 6.45) is 0.476. The molecular weight excluding hydrogens is 292 g/mol.